The van der Waals surface area contributed by atoms with Crippen LogP contribution in [0.25, 0.3) is 38.6 Å². The Morgan fingerprint density at radius 3 is 1.28 bits per heavy atom. The summed E-state index contributed by atoms with van der Waals surface area (Å²) >= 11 is 0. The summed E-state index contributed by atoms with van der Waals surface area (Å²) in [4.78, 5) is 2.54. The number of anilines is 3. The summed E-state index contributed by atoms with van der Waals surface area (Å²) in [6.07, 6.45) is 17.7. The highest BCUT2D eigenvalue weighted by atomic mass is 15.1. The van der Waals surface area contributed by atoms with Gasteiger partial charge in [-0.25, -0.2) is 0 Å². The monoisotopic (exact) mass is 983 g/mol. The van der Waals surface area contributed by atoms with Gasteiger partial charge in [-0.1, -0.05) is 201 Å². The van der Waals surface area contributed by atoms with Gasteiger partial charge in [0, 0.05) is 33.5 Å². The normalized spacial score (nSPS) is 16.1. The number of aromatic nitrogens is 1. The van der Waals surface area contributed by atoms with Gasteiger partial charge in [0.2, 0.25) is 0 Å². The number of fused-ring (bicyclic) bond motifs is 6. The van der Waals surface area contributed by atoms with Crippen molar-refractivity contribution in [3.8, 4) is 16.8 Å². The van der Waals surface area contributed by atoms with Crippen LogP contribution in [0.5, 0.6) is 0 Å². The molecule has 3 aliphatic carbocycles. The Morgan fingerprint density at radius 1 is 0.427 bits per heavy atom. The maximum absolute atomic E-state index is 2.63. The summed E-state index contributed by atoms with van der Waals surface area (Å²) in [5.74, 6) is 1.31. The second kappa shape index (κ2) is 20.1. The van der Waals surface area contributed by atoms with Gasteiger partial charge < -0.3 is 9.47 Å². The molecular formula is C73H78N2. The number of hydrogen-bond donors (Lipinski definition) is 0. The third kappa shape index (κ3) is 8.38. The van der Waals surface area contributed by atoms with Crippen LogP contribution < -0.4 is 4.90 Å². The fourth-order valence-electron chi connectivity index (χ4n) is 14.2. The predicted molar refractivity (Wildman–Crippen MR) is 320 cm³/mol. The Labute approximate surface area is 448 Å². The third-order valence-corrected chi connectivity index (χ3v) is 19.8. The van der Waals surface area contributed by atoms with E-state index in [1.54, 1.807) is 0 Å². The molecule has 9 aromatic rings. The molecule has 380 valence electrons. The molecule has 0 N–H and O–H groups in total. The summed E-state index contributed by atoms with van der Waals surface area (Å²) in [5.41, 5.74) is 20.5. The topological polar surface area (TPSA) is 8.17 Å². The van der Waals surface area contributed by atoms with E-state index in [0.717, 1.165) is 25.7 Å². The number of hydrogen-bond acceptors (Lipinski definition) is 1. The van der Waals surface area contributed by atoms with E-state index in [9.17, 15) is 0 Å². The lowest BCUT2D eigenvalue weighted by atomic mass is 9.67. The first-order chi connectivity index (χ1) is 36.7. The molecule has 0 amide bonds. The molecule has 1 heterocycles. The zero-order valence-electron chi connectivity index (χ0n) is 45.8. The van der Waals surface area contributed by atoms with E-state index in [0.29, 0.717) is 11.8 Å². The average Bonchev–Trinajstić information content (AvgIpc) is 3.98. The van der Waals surface area contributed by atoms with Crippen molar-refractivity contribution >= 4 is 38.9 Å². The Morgan fingerprint density at radius 2 is 0.840 bits per heavy atom. The molecule has 2 heteroatoms. The van der Waals surface area contributed by atoms with Gasteiger partial charge in [-0.3, -0.25) is 0 Å². The molecule has 0 unspecified atom stereocenters. The average molecular weight is 983 g/mol. The molecule has 0 aliphatic heterocycles. The SMILES string of the molecule is CCC(C)(CC)c1ccc2c3ccc(C(C)(CC)CC)cc3n(-c3ccc4c(c3)C(c3ccccc3)(c3ccccc3)c3cc(N(c5ccc(C6CCCCC6)cc5)c5ccc(C6CCCCC6)cc5)ccc3-4)c2c1. The van der Waals surface area contributed by atoms with Crippen LogP contribution in [-0.2, 0) is 16.2 Å². The third-order valence-electron chi connectivity index (χ3n) is 19.8. The van der Waals surface area contributed by atoms with Crippen molar-refractivity contribution in [2.45, 2.75) is 160 Å². The quantitative estimate of drug-likeness (QED) is 0.105. The largest absolute Gasteiger partial charge is 0.310 e. The molecule has 0 bridgehead atoms. The lowest BCUT2D eigenvalue weighted by Crippen LogP contribution is -2.29. The van der Waals surface area contributed by atoms with Crippen molar-refractivity contribution in [3.05, 3.63) is 226 Å². The molecule has 3 aliphatic rings. The number of rotatable bonds is 14. The van der Waals surface area contributed by atoms with Crippen LogP contribution >= 0.6 is 0 Å². The summed E-state index contributed by atoms with van der Waals surface area (Å²) in [5, 5.41) is 2.63. The Balaban J connectivity index is 1.09. The van der Waals surface area contributed by atoms with Crippen LogP contribution in [0.2, 0.25) is 0 Å². The van der Waals surface area contributed by atoms with Gasteiger partial charge in [0.15, 0.2) is 0 Å². The van der Waals surface area contributed by atoms with Crippen LogP contribution in [0, 0.1) is 0 Å². The van der Waals surface area contributed by atoms with E-state index in [2.05, 4.69) is 233 Å². The molecule has 8 aromatic carbocycles. The van der Waals surface area contributed by atoms with Crippen molar-refractivity contribution < 1.29 is 0 Å². The highest BCUT2D eigenvalue weighted by Crippen LogP contribution is 2.58. The molecule has 2 fully saturated rings. The van der Waals surface area contributed by atoms with E-state index in [4.69, 9.17) is 0 Å². The predicted octanol–water partition coefficient (Wildman–Crippen LogP) is 20.9. The zero-order chi connectivity index (χ0) is 51.3. The highest BCUT2D eigenvalue weighted by Gasteiger charge is 2.47. The maximum atomic E-state index is 2.63. The van der Waals surface area contributed by atoms with Crippen LogP contribution in [0.4, 0.5) is 17.1 Å². The molecule has 2 saturated carbocycles. The minimum Gasteiger partial charge on any atom is -0.310 e. The molecule has 1 aromatic heterocycles. The second-order valence-corrected chi connectivity index (χ2v) is 23.5. The summed E-state index contributed by atoms with van der Waals surface area (Å²) in [6.45, 7) is 14.3. The van der Waals surface area contributed by atoms with Crippen LogP contribution in [0.15, 0.2) is 182 Å². The Kier molecular flexibility index (Phi) is 13.2. The van der Waals surface area contributed by atoms with Crippen molar-refractivity contribution in [3.63, 3.8) is 0 Å². The van der Waals surface area contributed by atoms with Gasteiger partial charge >= 0.3 is 0 Å². The zero-order valence-corrected chi connectivity index (χ0v) is 45.8. The Bertz CT molecular complexity index is 3270. The molecule has 0 saturated heterocycles. The molecule has 2 nitrogen and oxygen atoms in total. The first-order valence-corrected chi connectivity index (χ1v) is 29.2. The van der Waals surface area contributed by atoms with E-state index < -0.39 is 5.41 Å². The van der Waals surface area contributed by atoms with Gasteiger partial charge in [0.1, 0.15) is 0 Å². The summed E-state index contributed by atoms with van der Waals surface area (Å²) in [7, 11) is 0. The molecule has 0 radical (unpaired) electrons. The van der Waals surface area contributed by atoms with Crippen molar-refractivity contribution in [1.29, 1.82) is 0 Å². The highest BCUT2D eigenvalue weighted by molar-refractivity contribution is 6.10. The fourth-order valence-corrected chi connectivity index (χ4v) is 14.2. The standard InChI is InChI=1S/C73H78N2/c1-7-71(5,8-2)57-35-43-65-66-44-36-58(72(6,9-3)10-4)48-70(66)75(69(65)47-57)62-42-46-64-63-45-41-61(49-67(63)73(68(64)50-62,55-27-19-13-20-28-55)56-29-21-14-22-30-56)74(59-37-31-53(32-38-59)51-23-15-11-16-24-51)60-39-33-54(34-40-60)52-25-17-12-18-26-52/h13-14,19-22,27-52H,7-12,15-18,23-26H2,1-6H3. The van der Waals surface area contributed by atoms with E-state index >= 15 is 0 Å². The van der Waals surface area contributed by atoms with Crippen molar-refractivity contribution in [2.75, 3.05) is 4.90 Å². The first-order valence-electron chi connectivity index (χ1n) is 29.2. The lowest BCUT2D eigenvalue weighted by molar-refractivity contribution is 0.439. The maximum Gasteiger partial charge on any atom is 0.0715 e. The van der Waals surface area contributed by atoms with E-state index in [-0.39, 0.29) is 10.8 Å². The Hall–Kier alpha value is -6.64. The minimum atomic E-state index is -0.609. The van der Waals surface area contributed by atoms with E-state index in [1.165, 1.54) is 164 Å². The van der Waals surface area contributed by atoms with Gasteiger partial charge in [0.25, 0.3) is 0 Å². The van der Waals surface area contributed by atoms with Crippen LogP contribution in [0.1, 0.15) is 188 Å². The number of nitrogens with zero attached hydrogens (tertiary/aromatic N) is 2. The van der Waals surface area contributed by atoms with Gasteiger partial charge in [-0.15, -0.1) is 0 Å². The lowest BCUT2D eigenvalue weighted by Gasteiger charge is -2.35. The molecule has 12 rings (SSSR count). The van der Waals surface area contributed by atoms with Gasteiger partial charge in [-0.05, 0) is 190 Å². The molecule has 0 atom stereocenters. The first kappa shape index (κ1) is 49.2. The summed E-state index contributed by atoms with van der Waals surface area (Å²) < 4.78 is 2.63. The fraction of sp³-hybridized carbons (Fsp3) is 0.342. The minimum absolute atomic E-state index is 0.0828. The van der Waals surface area contributed by atoms with Crippen molar-refractivity contribution in [2.24, 2.45) is 0 Å². The molecule has 0 spiro atoms. The van der Waals surface area contributed by atoms with Crippen molar-refractivity contribution in [1.82, 2.24) is 4.57 Å². The van der Waals surface area contributed by atoms with E-state index in [1.807, 2.05) is 0 Å². The smallest absolute Gasteiger partial charge is 0.0715 e. The van der Waals surface area contributed by atoms with Crippen LogP contribution in [0.3, 0.4) is 0 Å². The van der Waals surface area contributed by atoms with Gasteiger partial charge in [-0.2, -0.15) is 0 Å². The molecular weight excluding hydrogens is 905 g/mol. The van der Waals surface area contributed by atoms with Gasteiger partial charge in [0.05, 0.1) is 16.4 Å². The van der Waals surface area contributed by atoms with Crippen LogP contribution in [-0.4, -0.2) is 4.57 Å². The number of benzene rings is 8. The molecule has 75 heavy (non-hydrogen) atoms. The second-order valence-electron chi connectivity index (χ2n) is 23.5. The summed E-state index contributed by atoms with van der Waals surface area (Å²) in [6, 6.07) is 71.8.